The zero-order chi connectivity index (χ0) is 10.1. The first kappa shape index (κ1) is 13.9. The van der Waals surface area contributed by atoms with Crippen LogP contribution < -0.4 is 0 Å². The number of rotatable bonds is 2. The molecule has 4 heteroatoms. The number of carbonyl (C=O) groups excluding carboxylic acids is 1. The molecular formula is C10H20ClNO2. The van der Waals surface area contributed by atoms with Crippen LogP contribution in [-0.2, 0) is 9.53 Å². The molecule has 84 valence electrons. The van der Waals surface area contributed by atoms with E-state index in [2.05, 4.69) is 11.8 Å². The number of hydrogen-bond acceptors (Lipinski definition) is 3. The van der Waals surface area contributed by atoms with Gasteiger partial charge in [0, 0.05) is 25.6 Å². The lowest BCUT2D eigenvalue weighted by Gasteiger charge is -2.40. The minimum atomic E-state index is -0.573. The van der Waals surface area contributed by atoms with Crippen molar-refractivity contribution in [2.45, 2.75) is 38.8 Å². The lowest BCUT2D eigenvalue weighted by atomic mass is 9.89. The molecule has 0 aliphatic carbocycles. The molecule has 0 aromatic rings. The summed E-state index contributed by atoms with van der Waals surface area (Å²) in [6.07, 6.45) is 0.604. The van der Waals surface area contributed by atoms with E-state index in [0.717, 1.165) is 0 Å². The van der Waals surface area contributed by atoms with Crippen molar-refractivity contribution >= 4 is 18.2 Å². The van der Waals surface area contributed by atoms with Gasteiger partial charge in [0.25, 0.3) is 0 Å². The highest BCUT2D eigenvalue weighted by Gasteiger charge is 2.40. The molecule has 2 unspecified atom stereocenters. The van der Waals surface area contributed by atoms with Crippen LogP contribution >= 0.6 is 12.4 Å². The minimum Gasteiger partial charge on any atom is -0.366 e. The molecule has 2 atom stereocenters. The molecule has 0 bridgehead atoms. The Hall–Kier alpha value is -0.120. The molecule has 0 aromatic carbocycles. The second kappa shape index (κ2) is 5.10. The van der Waals surface area contributed by atoms with Gasteiger partial charge >= 0.3 is 0 Å². The fraction of sp³-hybridized carbons (Fsp3) is 0.900. The van der Waals surface area contributed by atoms with Crippen LogP contribution in [0.3, 0.4) is 0 Å². The highest BCUT2D eigenvalue weighted by Crippen LogP contribution is 2.23. The van der Waals surface area contributed by atoms with E-state index in [-0.39, 0.29) is 18.2 Å². The standard InChI is InChI=1S/C10H19NO2.ClH/c1-5-13-10(3)7-11(4)8(2)6-9(10)12;/h8H,5-7H2,1-4H3;1H. The number of likely N-dealkylation sites (tertiary alicyclic amines) is 1. The molecule has 0 radical (unpaired) electrons. The Labute approximate surface area is 92.2 Å². The topological polar surface area (TPSA) is 29.5 Å². The first-order chi connectivity index (χ1) is 5.99. The van der Waals surface area contributed by atoms with E-state index >= 15 is 0 Å². The van der Waals surface area contributed by atoms with Gasteiger partial charge in [0.15, 0.2) is 5.78 Å². The van der Waals surface area contributed by atoms with Gasteiger partial charge < -0.3 is 4.74 Å². The van der Waals surface area contributed by atoms with Crippen LogP contribution in [0.15, 0.2) is 0 Å². The first-order valence-electron chi connectivity index (χ1n) is 4.87. The molecule has 0 amide bonds. The fourth-order valence-corrected chi connectivity index (χ4v) is 1.80. The van der Waals surface area contributed by atoms with Crippen LogP contribution in [0.2, 0.25) is 0 Å². The third kappa shape index (κ3) is 2.69. The summed E-state index contributed by atoms with van der Waals surface area (Å²) in [6, 6.07) is 0.348. The predicted octanol–water partition coefficient (Wildman–Crippen LogP) is 1.50. The number of piperidine rings is 1. The molecule has 0 saturated carbocycles. The summed E-state index contributed by atoms with van der Waals surface area (Å²) >= 11 is 0. The third-order valence-electron chi connectivity index (χ3n) is 2.84. The fourth-order valence-electron chi connectivity index (χ4n) is 1.80. The van der Waals surface area contributed by atoms with Gasteiger partial charge in [-0.25, -0.2) is 0 Å². The zero-order valence-corrected chi connectivity index (χ0v) is 10.2. The van der Waals surface area contributed by atoms with Crippen molar-refractivity contribution in [2.24, 2.45) is 0 Å². The van der Waals surface area contributed by atoms with Crippen molar-refractivity contribution in [1.29, 1.82) is 0 Å². The van der Waals surface area contributed by atoms with Crippen LogP contribution in [-0.4, -0.2) is 42.5 Å². The Balaban J connectivity index is 0.00000169. The van der Waals surface area contributed by atoms with Gasteiger partial charge in [-0.05, 0) is 27.8 Å². The number of ether oxygens (including phenoxy) is 1. The van der Waals surface area contributed by atoms with Gasteiger partial charge in [0.1, 0.15) is 5.60 Å². The van der Waals surface area contributed by atoms with Crippen LogP contribution in [0.25, 0.3) is 0 Å². The maximum absolute atomic E-state index is 11.7. The van der Waals surface area contributed by atoms with Crippen molar-refractivity contribution in [3.05, 3.63) is 0 Å². The van der Waals surface area contributed by atoms with Crippen molar-refractivity contribution in [1.82, 2.24) is 4.90 Å². The Kier molecular flexibility index (Phi) is 5.06. The summed E-state index contributed by atoms with van der Waals surface area (Å²) in [5, 5.41) is 0. The van der Waals surface area contributed by atoms with Crippen LogP contribution in [0.5, 0.6) is 0 Å². The van der Waals surface area contributed by atoms with Gasteiger partial charge in [-0.15, -0.1) is 12.4 Å². The monoisotopic (exact) mass is 221 g/mol. The Morgan fingerprint density at radius 1 is 1.64 bits per heavy atom. The molecule has 1 rings (SSSR count). The van der Waals surface area contributed by atoms with E-state index < -0.39 is 5.60 Å². The molecule has 1 aliphatic rings. The molecule has 3 nitrogen and oxygen atoms in total. The van der Waals surface area contributed by atoms with E-state index in [1.807, 2.05) is 20.9 Å². The summed E-state index contributed by atoms with van der Waals surface area (Å²) in [5.41, 5.74) is -0.573. The quantitative estimate of drug-likeness (QED) is 0.708. The van der Waals surface area contributed by atoms with E-state index in [1.165, 1.54) is 0 Å². The number of nitrogens with zero attached hydrogens (tertiary/aromatic N) is 1. The number of Topliss-reactive ketones (excluding diaryl/α,β-unsaturated/α-hetero) is 1. The van der Waals surface area contributed by atoms with Crippen LogP contribution in [0.4, 0.5) is 0 Å². The van der Waals surface area contributed by atoms with Gasteiger partial charge in [-0.3, -0.25) is 9.69 Å². The van der Waals surface area contributed by atoms with E-state index in [9.17, 15) is 4.79 Å². The maximum Gasteiger partial charge on any atom is 0.167 e. The normalized spacial score (nSPS) is 34.0. The third-order valence-corrected chi connectivity index (χ3v) is 2.84. The smallest absolute Gasteiger partial charge is 0.167 e. The molecule has 0 aromatic heterocycles. The molecule has 14 heavy (non-hydrogen) atoms. The highest BCUT2D eigenvalue weighted by atomic mass is 35.5. The minimum absolute atomic E-state index is 0. The Bertz CT molecular complexity index is 210. The van der Waals surface area contributed by atoms with Gasteiger partial charge in [0.2, 0.25) is 0 Å². The Morgan fingerprint density at radius 2 is 2.21 bits per heavy atom. The first-order valence-corrected chi connectivity index (χ1v) is 4.87. The van der Waals surface area contributed by atoms with Crippen molar-refractivity contribution in [3.8, 4) is 0 Å². The molecule has 1 fully saturated rings. The van der Waals surface area contributed by atoms with Crippen molar-refractivity contribution in [2.75, 3.05) is 20.2 Å². The number of likely N-dealkylation sites (N-methyl/N-ethyl adjacent to an activating group) is 1. The predicted molar refractivity (Wildman–Crippen MR) is 59.0 cm³/mol. The number of hydrogen-bond donors (Lipinski definition) is 0. The summed E-state index contributed by atoms with van der Waals surface area (Å²) in [7, 11) is 2.04. The Morgan fingerprint density at radius 3 is 2.71 bits per heavy atom. The summed E-state index contributed by atoms with van der Waals surface area (Å²) in [6.45, 7) is 7.20. The van der Waals surface area contributed by atoms with E-state index in [0.29, 0.717) is 25.6 Å². The number of ketones is 1. The van der Waals surface area contributed by atoms with Gasteiger partial charge in [-0.2, -0.15) is 0 Å². The lowest BCUT2D eigenvalue weighted by molar-refractivity contribution is -0.152. The zero-order valence-electron chi connectivity index (χ0n) is 9.37. The SMILES string of the molecule is CCOC1(C)CN(C)C(C)CC1=O.Cl. The van der Waals surface area contributed by atoms with Crippen LogP contribution in [0.1, 0.15) is 27.2 Å². The molecule has 1 aliphatic heterocycles. The van der Waals surface area contributed by atoms with Crippen molar-refractivity contribution in [3.63, 3.8) is 0 Å². The van der Waals surface area contributed by atoms with Crippen molar-refractivity contribution < 1.29 is 9.53 Å². The largest absolute Gasteiger partial charge is 0.366 e. The maximum atomic E-state index is 11.7. The van der Waals surface area contributed by atoms with Crippen LogP contribution in [0, 0.1) is 0 Å². The second-order valence-electron chi connectivity index (χ2n) is 4.06. The summed E-state index contributed by atoms with van der Waals surface area (Å²) in [5.74, 6) is 0.236. The molecular weight excluding hydrogens is 202 g/mol. The molecule has 1 heterocycles. The second-order valence-corrected chi connectivity index (χ2v) is 4.06. The van der Waals surface area contributed by atoms with Gasteiger partial charge in [-0.1, -0.05) is 0 Å². The summed E-state index contributed by atoms with van der Waals surface area (Å²) < 4.78 is 5.51. The van der Waals surface area contributed by atoms with E-state index in [4.69, 9.17) is 4.74 Å². The molecule has 1 saturated heterocycles. The lowest BCUT2D eigenvalue weighted by Crippen LogP contribution is -2.56. The molecule has 0 spiro atoms. The number of halogens is 1. The molecule has 0 N–H and O–H groups in total. The average molecular weight is 222 g/mol. The average Bonchev–Trinajstić information content (AvgIpc) is 2.02. The summed E-state index contributed by atoms with van der Waals surface area (Å²) in [4.78, 5) is 13.9. The number of carbonyl (C=O) groups is 1. The van der Waals surface area contributed by atoms with E-state index in [1.54, 1.807) is 0 Å². The van der Waals surface area contributed by atoms with Gasteiger partial charge in [0.05, 0.1) is 0 Å². The highest BCUT2D eigenvalue weighted by molar-refractivity contribution is 5.88.